The predicted molar refractivity (Wildman–Crippen MR) is 87.7 cm³/mol. The van der Waals surface area contributed by atoms with E-state index in [0.29, 0.717) is 19.4 Å². The number of amides is 1. The minimum absolute atomic E-state index is 0.00667. The molecule has 1 heterocycles. The molecular formula is C16H23FN2O4S. The van der Waals surface area contributed by atoms with Crippen molar-refractivity contribution in [2.45, 2.75) is 37.6 Å². The molecule has 24 heavy (non-hydrogen) atoms. The topological polar surface area (TPSA) is 75.7 Å². The molecule has 1 unspecified atom stereocenters. The van der Waals surface area contributed by atoms with Crippen LogP contribution in [0, 0.1) is 11.7 Å². The number of carbonyl (C=O) groups excluding carboxylic acids is 1. The third-order valence-corrected chi connectivity index (χ3v) is 5.82. The van der Waals surface area contributed by atoms with E-state index in [4.69, 9.17) is 4.74 Å². The van der Waals surface area contributed by atoms with E-state index < -0.39 is 21.8 Å². The first-order valence-corrected chi connectivity index (χ1v) is 9.33. The fourth-order valence-corrected chi connectivity index (χ4v) is 4.46. The second-order valence-corrected chi connectivity index (χ2v) is 8.07. The molecule has 134 valence electrons. The van der Waals surface area contributed by atoms with Crippen LogP contribution in [0.5, 0.6) is 5.75 Å². The number of ether oxygens (including phenoxy) is 1. The van der Waals surface area contributed by atoms with Crippen LogP contribution in [0.25, 0.3) is 0 Å². The maximum atomic E-state index is 13.5. The van der Waals surface area contributed by atoms with Crippen molar-refractivity contribution < 1.29 is 22.3 Å². The number of carbonyl (C=O) groups is 1. The summed E-state index contributed by atoms with van der Waals surface area (Å²) in [4.78, 5) is 12.0. The summed E-state index contributed by atoms with van der Waals surface area (Å²) in [7, 11) is -2.60. The van der Waals surface area contributed by atoms with Gasteiger partial charge < -0.3 is 10.1 Å². The van der Waals surface area contributed by atoms with Crippen molar-refractivity contribution >= 4 is 15.9 Å². The number of hydrogen-bond acceptors (Lipinski definition) is 4. The average Bonchev–Trinajstić information content (AvgIpc) is 2.54. The zero-order valence-electron chi connectivity index (χ0n) is 14.1. The van der Waals surface area contributed by atoms with E-state index in [1.165, 1.54) is 17.5 Å². The number of benzene rings is 1. The summed E-state index contributed by atoms with van der Waals surface area (Å²) in [5, 5.41) is 2.81. The minimum Gasteiger partial charge on any atom is -0.495 e. The Morgan fingerprint density at radius 1 is 1.42 bits per heavy atom. The van der Waals surface area contributed by atoms with Crippen molar-refractivity contribution in [2.75, 3.05) is 20.2 Å². The van der Waals surface area contributed by atoms with Crippen LogP contribution in [0.2, 0.25) is 0 Å². The number of methoxy groups -OCH3 is 1. The fourth-order valence-electron chi connectivity index (χ4n) is 2.77. The van der Waals surface area contributed by atoms with Crippen LogP contribution in [0.1, 0.15) is 26.7 Å². The molecule has 1 atom stereocenters. The van der Waals surface area contributed by atoms with Gasteiger partial charge in [0, 0.05) is 19.1 Å². The average molecular weight is 358 g/mol. The molecule has 1 aliphatic heterocycles. The van der Waals surface area contributed by atoms with Crippen molar-refractivity contribution in [3.05, 3.63) is 24.0 Å². The monoisotopic (exact) mass is 358 g/mol. The van der Waals surface area contributed by atoms with Crippen molar-refractivity contribution in [3.63, 3.8) is 0 Å². The third-order valence-electron chi connectivity index (χ3n) is 3.93. The van der Waals surface area contributed by atoms with Crippen molar-refractivity contribution in [1.29, 1.82) is 0 Å². The molecule has 1 N–H and O–H groups in total. The molecule has 1 fully saturated rings. The summed E-state index contributed by atoms with van der Waals surface area (Å²) in [6, 6.07) is 3.38. The highest BCUT2D eigenvalue weighted by molar-refractivity contribution is 7.89. The normalized spacial score (nSPS) is 19.3. The lowest BCUT2D eigenvalue weighted by molar-refractivity contribution is -0.126. The van der Waals surface area contributed by atoms with E-state index in [2.05, 4.69) is 5.32 Å². The van der Waals surface area contributed by atoms with E-state index in [-0.39, 0.29) is 29.1 Å². The van der Waals surface area contributed by atoms with E-state index in [1.807, 2.05) is 13.8 Å². The largest absolute Gasteiger partial charge is 0.495 e. The second-order valence-electron chi connectivity index (χ2n) is 6.16. The van der Waals surface area contributed by atoms with Crippen LogP contribution in [0.15, 0.2) is 23.1 Å². The SMILES string of the molecule is COc1ccc(F)cc1S(=O)(=O)N1CCCC(C(=O)NC(C)C)C1. The Morgan fingerprint density at radius 2 is 2.12 bits per heavy atom. The maximum absolute atomic E-state index is 13.5. The molecular weight excluding hydrogens is 335 g/mol. The number of sulfonamides is 1. The van der Waals surface area contributed by atoms with Crippen molar-refractivity contribution in [3.8, 4) is 5.75 Å². The zero-order chi connectivity index (χ0) is 17.9. The molecule has 1 aliphatic rings. The van der Waals surface area contributed by atoms with Crippen molar-refractivity contribution in [1.82, 2.24) is 9.62 Å². The molecule has 8 heteroatoms. The highest BCUT2D eigenvalue weighted by atomic mass is 32.2. The molecule has 6 nitrogen and oxygen atoms in total. The van der Waals surface area contributed by atoms with Gasteiger partial charge in [-0.1, -0.05) is 0 Å². The summed E-state index contributed by atoms with van der Waals surface area (Å²) >= 11 is 0. The molecule has 2 rings (SSSR count). The summed E-state index contributed by atoms with van der Waals surface area (Å²) in [5.74, 6) is -1.13. The van der Waals surface area contributed by atoms with Gasteiger partial charge in [-0.15, -0.1) is 0 Å². The molecule has 0 radical (unpaired) electrons. The van der Waals surface area contributed by atoms with Gasteiger partial charge in [0.2, 0.25) is 15.9 Å². The lowest BCUT2D eigenvalue weighted by Crippen LogP contribution is -2.46. The maximum Gasteiger partial charge on any atom is 0.246 e. The van der Waals surface area contributed by atoms with Crippen molar-refractivity contribution in [2.24, 2.45) is 5.92 Å². The summed E-state index contributed by atoms with van der Waals surface area (Å²) in [6.07, 6.45) is 1.21. The van der Waals surface area contributed by atoms with Crippen LogP contribution in [0.4, 0.5) is 4.39 Å². The predicted octanol–water partition coefficient (Wildman–Crippen LogP) is 1.76. The zero-order valence-corrected chi connectivity index (χ0v) is 14.9. The van der Waals surface area contributed by atoms with Crippen LogP contribution < -0.4 is 10.1 Å². The Morgan fingerprint density at radius 3 is 2.75 bits per heavy atom. The van der Waals surface area contributed by atoms with Gasteiger partial charge in [0.25, 0.3) is 0 Å². The smallest absolute Gasteiger partial charge is 0.246 e. The Kier molecular flexibility index (Phi) is 5.82. The van der Waals surface area contributed by atoms with E-state index in [0.717, 1.165) is 12.1 Å². The summed E-state index contributed by atoms with van der Waals surface area (Å²) < 4.78 is 45.5. The Labute approximate surface area is 142 Å². The third kappa shape index (κ3) is 4.05. The highest BCUT2D eigenvalue weighted by Gasteiger charge is 2.35. The summed E-state index contributed by atoms with van der Waals surface area (Å²) in [6.45, 7) is 4.09. The van der Waals surface area contributed by atoms with Gasteiger partial charge >= 0.3 is 0 Å². The summed E-state index contributed by atoms with van der Waals surface area (Å²) in [5.41, 5.74) is 0. The van der Waals surface area contributed by atoms with E-state index >= 15 is 0 Å². The number of nitrogens with zero attached hydrogens (tertiary/aromatic N) is 1. The van der Waals surface area contributed by atoms with Gasteiger partial charge in [-0.25, -0.2) is 12.8 Å². The van der Waals surface area contributed by atoms with Gasteiger partial charge in [-0.2, -0.15) is 4.31 Å². The Balaban J connectivity index is 2.26. The lowest BCUT2D eigenvalue weighted by Gasteiger charge is -2.31. The standard InChI is InChI=1S/C16H23FN2O4S/c1-11(2)18-16(20)12-5-4-8-19(10-12)24(21,22)15-9-13(17)6-7-14(15)23-3/h6-7,9,11-12H,4-5,8,10H2,1-3H3,(H,18,20). The van der Waals surface area contributed by atoms with Gasteiger partial charge in [0.1, 0.15) is 16.5 Å². The number of rotatable bonds is 5. The van der Waals surface area contributed by atoms with Gasteiger partial charge in [0.15, 0.2) is 0 Å². The van der Waals surface area contributed by atoms with Gasteiger partial charge in [-0.3, -0.25) is 4.79 Å². The first-order valence-electron chi connectivity index (χ1n) is 7.89. The Bertz CT molecular complexity index is 706. The molecule has 0 aliphatic carbocycles. The van der Waals surface area contributed by atoms with Crippen LogP contribution >= 0.6 is 0 Å². The number of hydrogen-bond donors (Lipinski definition) is 1. The molecule has 0 saturated carbocycles. The Hall–Kier alpha value is -1.67. The molecule has 1 aromatic carbocycles. The first kappa shape index (κ1) is 18.7. The lowest BCUT2D eigenvalue weighted by atomic mass is 9.98. The molecule has 0 spiro atoms. The van der Waals surface area contributed by atoms with Crippen LogP contribution in [-0.4, -0.2) is 44.9 Å². The quantitative estimate of drug-likeness (QED) is 0.870. The molecule has 0 aromatic heterocycles. The van der Waals surface area contributed by atoms with E-state index in [1.54, 1.807) is 0 Å². The van der Waals surface area contributed by atoms with Crippen LogP contribution in [0.3, 0.4) is 0 Å². The van der Waals surface area contributed by atoms with Crippen LogP contribution in [-0.2, 0) is 14.8 Å². The molecule has 1 saturated heterocycles. The van der Waals surface area contributed by atoms with Gasteiger partial charge in [0.05, 0.1) is 13.0 Å². The molecule has 1 amide bonds. The minimum atomic E-state index is -3.93. The second kappa shape index (κ2) is 7.48. The number of nitrogens with one attached hydrogen (secondary N) is 1. The first-order chi connectivity index (χ1) is 11.3. The number of halogens is 1. The van der Waals surface area contributed by atoms with E-state index in [9.17, 15) is 17.6 Å². The highest BCUT2D eigenvalue weighted by Crippen LogP contribution is 2.30. The fraction of sp³-hybridized carbons (Fsp3) is 0.562. The molecule has 1 aromatic rings. The van der Waals surface area contributed by atoms with Gasteiger partial charge in [-0.05, 0) is 44.9 Å². The number of piperidine rings is 1. The molecule has 0 bridgehead atoms.